The Morgan fingerprint density at radius 1 is 0.153 bits per heavy atom. The van der Waals surface area contributed by atoms with Crippen molar-refractivity contribution in [2.45, 2.75) is 6.92 Å². The molecule has 0 aliphatic carbocycles. The van der Waals surface area contributed by atoms with E-state index in [0.29, 0.717) is 23.0 Å². The monoisotopic (exact) mass is 1380 g/mol. The van der Waals surface area contributed by atoms with Gasteiger partial charge in [-0.3, -0.25) is 0 Å². The molecule has 0 aliphatic heterocycles. The van der Waals surface area contributed by atoms with Crippen LogP contribution in [-0.4, -0.2) is 20.4 Å². The Morgan fingerprint density at radius 3 is 0.376 bits per heavy atom. The summed E-state index contributed by atoms with van der Waals surface area (Å²) in [5.41, 5.74) is 16.4. The third-order valence-corrected chi connectivity index (χ3v) is 13.8. The van der Waals surface area contributed by atoms with Gasteiger partial charge in [0.05, 0.1) is 0 Å². The average Bonchev–Trinajstić information content (AvgIpc) is 3.59. The number of aromatic hydroxyl groups is 4. The summed E-state index contributed by atoms with van der Waals surface area (Å²) in [6.45, 7) is 2.08. The number of aryl methyl sites for hydroxylation is 1. The van der Waals surface area contributed by atoms with Crippen LogP contribution in [0.25, 0.3) is 89.0 Å². The molecule has 0 fully saturated rings. The molecule has 13 aromatic rings. The van der Waals surface area contributed by atoms with E-state index < -0.39 is 0 Å². The summed E-state index contributed by atoms with van der Waals surface area (Å²) in [5.74, 6) is 1.33. The molecule has 6 heteroatoms. The second kappa shape index (κ2) is 34.3. The number of hydrogen-bond donors (Lipinski definition) is 4. The van der Waals surface area contributed by atoms with Crippen molar-refractivity contribution in [3.05, 3.63) is 351 Å². The van der Waals surface area contributed by atoms with Crippen molar-refractivity contribution in [3.8, 4) is 112 Å². The average molecular weight is 1380 g/mol. The third kappa shape index (κ3) is 18.1. The molecule has 4 N–H and O–H groups in total. The number of hydrogen-bond acceptors (Lipinski definition) is 4. The fraction of sp³-hybridized carbons (Fsp3) is 0.0127. The van der Waals surface area contributed by atoms with E-state index in [9.17, 15) is 20.4 Å². The van der Waals surface area contributed by atoms with Gasteiger partial charge in [0.25, 0.3) is 0 Å². The summed E-state index contributed by atoms with van der Waals surface area (Å²) in [6, 6.07) is 113. The van der Waals surface area contributed by atoms with Gasteiger partial charge in [-0.25, -0.2) is 0 Å². The van der Waals surface area contributed by atoms with E-state index in [-0.39, 0.29) is 98.8 Å². The topological polar surface area (TPSA) is 80.9 Å². The first kappa shape index (κ1) is 64.8. The number of phenolic OH excluding ortho intramolecular Hbond substituents is 4. The summed E-state index contributed by atoms with van der Waals surface area (Å²) in [6.07, 6.45) is 0. The van der Waals surface area contributed by atoms with Crippen LogP contribution >= 0.6 is 0 Å². The molecule has 0 aliphatic rings. The minimum Gasteiger partial charge on any atom is -0.507 e. The Kier molecular flexibility index (Phi) is 26.1. The van der Waals surface area contributed by atoms with Gasteiger partial charge < -0.3 is 20.4 Å². The molecular formula is C79H64Eu2O4. The minimum absolute atomic E-state index is 0. The van der Waals surface area contributed by atoms with Gasteiger partial charge in [0.15, 0.2) is 0 Å². The second-order valence-electron chi connectivity index (χ2n) is 19.4. The zero-order valence-corrected chi connectivity index (χ0v) is 51.8. The van der Waals surface area contributed by atoms with Crippen molar-refractivity contribution in [1.82, 2.24) is 0 Å². The van der Waals surface area contributed by atoms with Crippen LogP contribution in [0, 0.1) is 106 Å². The van der Waals surface area contributed by atoms with Gasteiger partial charge in [-0.15, -0.1) is 0 Å². The summed E-state index contributed by atoms with van der Waals surface area (Å²) in [7, 11) is 0. The summed E-state index contributed by atoms with van der Waals surface area (Å²) in [5, 5.41) is 42.0. The van der Waals surface area contributed by atoms with Crippen LogP contribution in [0.4, 0.5) is 0 Å². The predicted octanol–water partition coefficient (Wildman–Crippen LogP) is 20.9. The standard InChI is InChI=1S/4C18H14O.C7H8.2Eu/c4*19-18-16(14-8-3-1-4-9-14)12-7-13-17(18)15-10-5-2-6-11-15;1-7-5-3-2-4-6-7;;/h4*1-13,19H;2-6H,1H3;;. The van der Waals surface area contributed by atoms with Gasteiger partial charge in [-0.2, -0.15) is 0 Å². The molecule has 85 heavy (non-hydrogen) atoms. The maximum atomic E-state index is 10.5. The van der Waals surface area contributed by atoms with Crippen LogP contribution in [0.15, 0.2) is 346 Å². The molecule has 4 nitrogen and oxygen atoms in total. The second-order valence-corrected chi connectivity index (χ2v) is 19.4. The van der Waals surface area contributed by atoms with E-state index in [1.807, 2.05) is 334 Å². The van der Waals surface area contributed by atoms with Crippen molar-refractivity contribution in [2.75, 3.05) is 0 Å². The van der Waals surface area contributed by atoms with Gasteiger partial charge in [0.1, 0.15) is 23.0 Å². The zero-order valence-electron chi connectivity index (χ0n) is 47.0. The first-order valence-corrected chi connectivity index (χ1v) is 27.6. The first-order valence-electron chi connectivity index (χ1n) is 27.6. The van der Waals surface area contributed by atoms with E-state index in [4.69, 9.17) is 0 Å². The molecule has 0 aromatic heterocycles. The van der Waals surface area contributed by atoms with E-state index in [0.717, 1.165) is 89.0 Å². The fourth-order valence-corrected chi connectivity index (χ4v) is 9.51. The van der Waals surface area contributed by atoms with Crippen molar-refractivity contribution in [1.29, 1.82) is 0 Å². The molecule has 0 amide bonds. The SMILES string of the molecule is Cc1ccccc1.Oc1c(-c2ccccc2)cccc1-c1ccccc1.Oc1c(-c2ccccc2)cccc1-c1ccccc1.Oc1c(-c2ccccc2)cccc1-c1ccccc1.Oc1c(-c2ccccc2)cccc1-c1ccccc1.[Eu].[Eu]. The van der Waals surface area contributed by atoms with Gasteiger partial charge >= 0.3 is 0 Å². The molecule has 2 radical (unpaired) electrons. The van der Waals surface area contributed by atoms with Crippen LogP contribution in [0.2, 0.25) is 0 Å². The molecule has 0 saturated heterocycles. The van der Waals surface area contributed by atoms with Crippen LogP contribution in [0.3, 0.4) is 0 Å². The molecule has 13 rings (SSSR count). The summed E-state index contributed by atoms with van der Waals surface area (Å²) < 4.78 is 0. The summed E-state index contributed by atoms with van der Waals surface area (Å²) >= 11 is 0. The molecule has 0 bridgehead atoms. The minimum atomic E-state index is 0. The van der Waals surface area contributed by atoms with Crippen LogP contribution in [-0.2, 0) is 0 Å². The quantitative estimate of drug-likeness (QED) is 0.122. The van der Waals surface area contributed by atoms with Crippen LogP contribution in [0.1, 0.15) is 5.56 Å². The van der Waals surface area contributed by atoms with Crippen LogP contribution < -0.4 is 0 Å². The Bertz CT molecular complexity index is 3300. The van der Waals surface area contributed by atoms with Gasteiger partial charge in [-0.05, 0) is 51.4 Å². The number of phenols is 4. The van der Waals surface area contributed by atoms with Crippen LogP contribution in [0.5, 0.6) is 23.0 Å². The molecule has 0 atom stereocenters. The molecule has 0 saturated carbocycles. The molecule has 0 unspecified atom stereocenters. The normalized spacial score (nSPS) is 9.94. The number of benzene rings is 13. The van der Waals surface area contributed by atoms with E-state index in [2.05, 4.69) is 19.1 Å². The fourth-order valence-electron chi connectivity index (χ4n) is 9.51. The Labute approximate surface area is 582 Å². The predicted molar refractivity (Wildman–Crippen MR) is 347 cm³/mol. The Balaban J connectivity index is 0.000000155. The van der Waals surface area contributed by atoms with E-state index in [1.165, 1.54) is 5.56 Å². The third-order valence-electron chi connectivity index (χ3n) is 13.8. The first-order chi connectivity index (χ1) is 40.8. The maximum Gasteiger partial charge on any atom is 0.131 e. The molecule has 0 heterocycles. The Morgan fingerprint density at radius 2 is 0.271 bits per heavy atom. The summed E-state index contributed by atoms with van der Waals surface area (Å²) in [4.78, 5) is 0. The molecule has 13 aromatic carbocycles. The zero-order chi connectivity index (χ0) is 57.4. The van der Waals surface area contributed by atoms with E-state index in [1.54, 1.807) is 0 Å². The maximum absolute atomic E-state index is 10.5. The smallest absolute Gasteiger partial charge is 0.131 e. The van der Waals surface area contributed by atoms with E-state index >= 15 is 0 Å². The molecule has 418 valence electrons. The van der Waals surface area contributed by atoms with Crippen molar-refractivity contribution >= 4 is 0 Å². The van der Waals surface area contributed by atoms with Crippen molar-refractivity contribution in [3.63, 3.8) is 0 Å². The molecular weight excluding hydrogens is 1320 g/mol. The van der Waals surface area contributed by atoms with Gasteiger partial charge in [0, 0.05) is 143 Å². The van der Waals surface area contributed by atoms with Crippen molar-refractivity contribution in [2.24, 2.45) is 0 Å². The van der Waals surface area contributed by atoms with Gasteiger partial charge in [-0.1, -0.05) is 351 Å². The van der Waals surface area contributed by atoms with Gasteiger partial charge in [0.2, 0.25) is 0 Å². The molecule has 0 spiro atoms. The number of para-hydroxylation sites is 4. The Hall–Kier alpha value is -7.77. The number of rotatable bonds is 8. The van der Waals surface area contributed by atoms with Crippen molar-refractivity contribution < 1.29 is 119 Å². The largest absolute Gasteiger partial charge is 0.507 e.